The molecule has 0 aliphatic heterocycles. The van der Waals surface area contributed by atoms with Crippen LogP contribution in [0.2, 0.25) is 10.0 Å². The molecule has 2 heterocycles. The Morgan fingerprint density at radius 2 is 2.00 bits per heavy atom. The molecule has 0 radical (unpaired) electrons. The Balaban J connectivity index is 1.25. The maximum atomic E-state index is 12.0. The smallest absolute Gasteiger partial charge is 0.339 e. The number of nitrogens with zero attached hydrogens (tertiary/aromatic N) is 3. The molecule has 2 aliphatic carbocycles. The summed E-state index contributed by atoms with van der Waals surface area (Å²) in [6.45, 7) is 2.23. The van der Waals surface area contributed by atoms with E-state index in [0.29, 0.717) is 45.0 Å². The Morgan fingerprint density at radius 1 is 1.18 bits per heavy atom. The number of aromatic nitrogens is 2. The fourth-order valence-electron chi connectivity index (χ4n) is 5.38. The number of pyridine rings is 1. The normalized spacial score (nSPS) is 19.6. The predicted octanol–water partition coefficient (Wildman–Crippen LogP) is 7.54. The number of aryl methyl sites for hydroxylation is 1. The molecule has 9 heteroatoms. The zero-order valence-electron chi connectivity index (χ0n) is 21.9. The molecule has 0 N–H and O–H groups in total. The number of hydrogen-bond acceptors (Lipinski definition) is 7. The van der Waals surface area contributed by atoms with E-state index in [-0.39, 0.29) is 12.5 Å². The summed E-state index contributed by atoms with van der Waals surface area (Å²) in [5.74, 6) is 1.13. The van der Waals surface area contributed by atoms with Gasteiger partial charge in [0.2, 0.25) is 0 Å². The molecule has 2 unspecified atom stereocenters. The standard InChI is InChI=1S/C31H25Cl2N3O4/c1-17-4-3-5-25(32)27(17)28-22(29(40-36-28)18-6-7-18)15-39-21-8-9-23(26(33)11-21)31(16-34)12-24(31)19-10-20(14-35-13-19)30(37)38-2/h3-5,8-11,13-14,18,24H,6-7,12,15H2,1-2H3. The van der Waals surface area contributed by atoms with E-state index >= 15 is 0 Å². The molecular formula is C31H25Cl2N3O4. The first kappa shape index (κ1) is 26.4. The van der Waals surface area contributed by atoms with Crippen LogP contribution in [0.1, 0.15) is 69.5 Å². The summed E-state index contributed by atoms with van der Waals surface area (Å²) in [6.07, 6.45) is 5.81. The summed E-state index contributed by atoms with van der Waals surface area (Å²) in [5.41, 5.74) is 4.47. The second-order valence-electron chi connectivity index (χ2n) is 10.3. The first-order chi connectivity index (χ1) is 19.4. The second-order valence-corrected chi connectivity index (χ2v) is 11.2. The maximum absolute atomic E-state index is 12.0. The zero-order chi connectivity index (χ0) is 28.0. The minimum absolute atomic E-state index is 0.140. The Hall–Kier alpha value is -3.86. The van der Waals surface area contributed by atoms with Crippen molar-refractivity contribution in [3.05, 3.63) is 98.5 Å². The number of nitriles is 1. The Kier molecular flexibility index (Phi) is 6.77. The molecule has 6 rings (SSSR count). The number of carbonyl (C=O) groups is 1. The second kappa shape index (κ2) is 10.3. The van der Waals surface area contributed by atoms with Gasteiger partial charge < -0.3 is 14.0 Å². The zero-order valence-corrected chi connectivity index (χ0v) is 23.4. The molecular weight excluding hydrogens is 549 g/mol. The van der Waals surface area contributed by atoms with Gasteiger partial charge in [0.1, 0.15) is 23.8 Å². The van der Waals surface area contributed by atoms with Gasteiger partial charge in [-0.25, -0.2) is 4.79 Å². The van der Waals surface area contributed by atoms with Gasteiger partial charge in [0.25, 0.3) is 0 Å². The number of rotatable bonds is 8. The van der Waals surface area contributed by atoms with Crippen LogP contribution in [0.15, 0.2) is 59.4 Å². The lowest BCUT2D eigenvalue weighted by molar-refractivity contribution is 0.0600. The minimum Gasteiger partial charge on any atom is -0.489 e. The highest BCUT2D eigenvalue weighted by molar-refractivity contribution is 6.33. The number of carbonyl (C=O) groups excluding carboxylic acids is 1. The van der Waals surface area contributed by atoms with E-state index in [4.69, 9.17) is 37.2 Å². The SMILES string of the molecule is COC(=O)c1cncc(C2CC2(C#N)c2ccc(OCc3c(-c4c(C)cccc4Cl)noc3C3CC3)cc2Cl)c1. The van der Waals surface area contributed by atoms with Crippen molar-refractivity contribution in [1.82, 2.24) is 10.1 Å². The molecule has 0 bridgehead atoms. The summed E-state index contributed by atoms with van der Waals surface area (Å²) >= 11 is 13.3. The third kappa shape index (κ3) is 4.61. The molecule has 2 fully saturated rings. The van der Waals surface area contributed by atoms with E-state index < -0.39 is 11.4 Å². The van der Waals surface area contributed by atoms with Crippen molar-refractivity contribution < 1.29 is 18.8 Å². The number of halogens is 2. The molecule has 2 aromatic carbocycles. The lowest BCUT2D eigenvalue weighted by Gasteiger charge is -2.14. The van der Waals surface area contributed by atoms with Gasteiger partial charge in [-0.15, -0.1) is 0 Å². The number of methoxy groups -OCH3 is 1. The fraction of sp³-hybridized carbons (Fsp3) is 0.290. The average molecular weight is 574 g/mol. The molecule has 202 valence electrons. The number of hydrogen-bond donors (Lipinski definition) is 0. The fourth-order valence-corrected chi connectivity index (χ4v) is 6.03. The van der Waals surface area contributed by atoms with Gasteiger partial charge in [-0.1, -0.05) is 46.6 Å². The number of esters is 1. The van der Waals surface area contributed by atoms with Crippen LogP contribution in [-0.2, 0) is 16.8 Å². The largest absolute Gasteiger partial charge is 0.489 e. The van der Waals surface area contributed by atoms with Crippen LogP contribution in [0.25, 0.3) is 11.3 Å². The van der Waals surface area contributed by atoms with Crippen molar-refractivity contribution in [3.63, 3.8) is 0 Å². The molecule has 7 nitrogen and oxygen atoms in total. The van der Waals surface area contributed by atoms with Gasteiger partial charge in [0.05, 0.1) is 34.7 Å². The Bertz CT molecular complexity index is 1650. The molecule has 2 aromatic heterocycles. The van der Waals surface area contributed by atoms with E-state index in [2.05, 4.69) is 16.2 Å². The highest BCUT2D eigenvalue weighted by Gasteiger charge is 2.58. The maximum Gasteiger partial charge on any atom is 0.339 e. The van der Waals surface area contributed by atoms with E-state index in [1.54, 1.807) is 18.3 Å². The molecule has 0 amide bonds. The first-order valence-electron chi connectivity index (χ1n) is 13.0. The van der Waals surface area contributed by atoms with Crippen molar-refractivity contribution in [2.24, 2.45) is 0 Å². The van der Waals surface area contributed by atoms with E-state index in [1.165, 1.54) is 13.3 Å². The van der Waals surface area contributed by atoms with Gasteiger partial charge in [-0.2, -0.15) is 5.26 Å². The molecule has 2 atom stereocenters. The van der Waals surface area contributed by atoms with Gasteiger partial charge in [0.15, 0.2) is 0 Å². The van der Waals surface area contributed by atoms with Crippen molar-refractivity contribution in [2.75, 3.05) is 7.11 Å². The molecule has 40 heavy (non-hydrogen) atoms. The average Bonchev–Trinajstić information content (AvgIpc) is 3.89. The van der Waals surface area contributed by atoms with Gasteiger partial charge in [-0.3, -0.25) is 4.98 Å². The number of ether oxygens (including phenoxy) is 2. The topological polar surface area (TPSA) is 98.2 Å². The van der Waals surface area contributed by atoms with Crippen LogP contribution in [0.3, 0.4) is 0 Å². The van der Waals surface area contributed by atoms with Crippen molar-refractivity contribution in [2.45, 2.75) is 50.0 Å². The number of benzene rings is 2. The molecule has 0 spiro atoms. The van der Waals surface area contributed by atoms with E-state index in [9.17, 15) is 10.1 Å². The third-order valence-electron chi connectivity index (χ3n) is 7.77. The predicted molar refractivity (Wildman–Crippen MR) is 150 cm³/mol. The summed E-state index contributed by atoms with van der Waals surface area (Å²) < 4.78 is 16.8. The van der Waals surface area contributed by atoms with Crippen LogP contribution in [-0.4, -0.2) is 23.2 Å². The van der Waals surface area contributed by atoms with Crippen LogP contribution < -0.4 is 4.74 Å². The first-order valence-corrected chi connectivity index (χ1v) is 13.7. The van der Waals surface area contributed by atoms with Gasteiger partial charge in [0, 0.05) is 34.8 Å². The van der Waals surface area contributed by atoms with E-state index in [1.807, 2.05) is 37.3 Å². The minimum atomic E-state index is -0.811. The molecule has 2 aliphatic rings. The highest BCUT2D eigenvalue weighted by atomic mass is 35.5. The van der Waals surface area contributed by atoms with Crippen LogP contribution >= 0.6 is 23.2 Å². The monoisotopic (exact) mass is 573 g/mol. The highest BCUT2D eigenvalue weighted by Crippen LogP contribution is 2.61. The third-order valence-corrected chi connectivity index (χ3v) is 8.40. The van der Waals surface area contributed by atoms with Crippen molar-refractivity contribution >= 4 is 29.2 Å². The summed E-state index contributed by atoms with van der Waals surface area (Å²) in [4.78, 5) is 16.1. The molecule has 2 saturated carbocycles. The molecule has 0 saturated heterocycles. The quantitative estimate of drug-likeness (QED) is 0.201. The van der Waals surface area contributed by atoms with E-state index in [0.717, 1.165) is 40.9 Å². The van der Waals surface area contributed by atoms with Crippen LogP contribution in [0.4, 0.5) is 0 Å². The van der Waals surface area contributed by atoms with Crippen molar-refractivity contribution in [1.29, 1.82) is 5.26 Å². The van der Waals surface area contributed by atoms with Crippen LogP contribution in [0.5, 0.6) is 5.75 Å². The summed E-state index contributed by atoms with van der Waals surface area (Å²) in [5, 5.41) is 15.6. The summed E-state index contributed by atoms with van der Waals surface area (Å²) in [7, 11) is 1.32. The Morgan fingerprint density at radius 3 is 2.70 bits per heavy atom. The van der Waals surface area contributed by atoms with Gasteiger partial charge >= 0.3 is 5.97 Å². The lowest BCUT2D eigenvalue weighted by Crippen LogP contribution is -2.09. The summed E-state index contributed by atoms with van der Waals surface area (Å²) in [6, 6.07) is 15.3. The van der Waals surface area contributed by atoms with Gasteiger partial charge in [-0.05, 0) is 67.1 Å². The van der Waals surface area contributed by atoms with Crippen molar-refractivity contribution in [3.8, 4) is 23.1 Å². The molecule has 4 aromatic rings. The van der Waals surface area contributed by atoms with Crippen LogP contribution in [0, 0.1) is 18.3 Å². The Labute approximate surface area is 241 Å². The lowest BCUT2D eigenvalue weighted by atomic mass is 9.92.